The van der Waals surface area contributed by atoms with Crippen LogP contribution in [0.2, 0.25) is 0 Å². The van der Waals surface area contributed by atoms with Crippen LogP contribution in [-0.2, 0) is 5.54 Å². The van der Waals surface area contributed by atoms with Crippen LogP contribution in [0.25, 0.3) is 22.2 Å². The number of hydrogen-bond donors (Lipinski definition) is 2. The number of carbonyl (C=O) groups is 1. The number of para-hydroxylation sites is 1. The Morgan fingerprint density at radius 1 is 0.862 bits per heavy atom. The van der Waals surface area contributed by atoms with E-state index in [2.05, 4.69) is 10.3 Å². The highest BCUT2D eigenvalue weighted by Gasteiger charge is 2.27. The van der Waals surface area contributed by atoms with Crippen LogP contribution < -0.4 is 5.32 Å². The maximum absolute atomic E-state index is 13.4. The van der Waals surface area contributed by atoms with Crippen molar-refractivity contribution < 1.29 is 9.90 Å². The Labute approximate surface area is 169 Å². The Hall–Kier alpha value is -3.66. The van der Waals surface area contributed by atoms with Crippen LogP contribution in [0, 0.1) is 0 Å². The molecule has 1 amide bonds. The molecule has 0 bridgehead atoms. The van der Waals surface area contributed by atoms with Crippen molar-refractivity contribution in [3.63, 3.8) is 0 Å². The number of aromatic nitrogens is 1. The highest BCUT2D eigenvalue weighted by molar-refractivity contribution is 6.10. The second kappa shape index (κ2) is 7.40. The van der Waals surface area contributed by atoms with Crippen molar-refractivity contribution in [2.75, 3.05) is 0 Å². The molecule has 0 atom stereocenters. The zero-order chi connectivity index (χ0) is 20.4. The number of nitrogens with zero attached hydrogens (tertiary/aromatic N) is 1. The van der Waals surface area contributed by atoms with Crippen molar-refractivity contribution >= 4 is 16.8 Å². The Bertz CT molecular complexity index is 1170. The summed E-state index contributed by atoms with van der Waals surface area (Å²) >= 11 is 0. The van der Waals surface area contributed by atoms with E-state index in [1.54, 1.807) is 6.07 Å². The Morgan fingerprint density at radius 2 is 1.45 bits per heavy atom. The standard InChI is InChI=1S/C25H22N2O2/c1-25(2,18-13-7-4-8-14-18)27-24(29)21-19-15-9-10-16-20(19)26-22(23(21)28)17-11-5-3-6-12-17/h3-16,28H,1-2H3,(H,27,29). The van der Waals surface area contributed by atoms with E-state index in [4.69, 9.17) is 0 Å². The van der Waals surface area contributed by atoms with E-state index < -0.39 is 5.54 Å². The molecule has 4 aromatic rings. The number of aromatic hydroxyl groups is 1. The van der Waals surface area contributed by atoms with Gasteiger partial charge < -0.3 is 10.4 Å². The molecule has 144 valence electrons. The van der Waals surface area contributed by atoms with Gasteiger partial charge in [0.15, 0.2) is 5.75 Å². The lowest BCUT2D eigenvalue weighted by Gasteiger charge is -2.27. The number of fused-ring (bicyclic) bond motifs is 1. The topological polar surface area (TPSA) is 62.2 Å². The average molecular weight is 382 g/mol. The third kappa shape index (κ3) is 3.57. The van der Waals surface area contributed by atoms with Crippen LogP contribution in [0.5, 0.6) is 5.75 Å². The highest BCUT2D eigenvalue weighted by Crippen LogP contribution is 2.35. The summed E-state index contributed by atoms with van der Waals surface area (Å²) in [7, 11) is 0. The molecule has 3 aromatic carbocycles. The molecule has 1 heterocycles. The molecule has 4 nitrogen and oxygen atoms in total. The summed E-state index contributed by atoms with van der Waals surface area (Å²) in [6, 6.07) is 26.5. The molecule has 1 aromatic heterocycles. The lowest BCUT2D eigenvalue weighted by atomic mass is 9.93. The van der Waals surface area contributed by atoms with Gasteiger partial charge in [0.25, 0.3) is 5.91 Å². The van der Waals surface area contributed by atoms with Crippen LogP contribution in [0.3, 0.4) is 0 Å². The molecule has 29 heavy (non-hydrogen) atoms. The van der Waals surface area contributed by atoms with Gasteiger partial charge in [-0.2, -0.15) is 0 Å². The lowest BCUT2D eigenvalue weighted by Crippen LogP contribution is -2.41. The third-order valence-corrected chi connectivity index (χ3v) is 5.06. The summed E-state index contributed by atoms with van der Waals surface area (Å²) in [5.74, 6) is -0.455. The molecule has 0 aliphatic rings. The zero-order valence-electron chi connectivity index (χ0n) is 16.4. The molecule has 0 spiro atoms. The van der Waals surface area contributed by atoms with Crippen molar-refractivity contribution in [3.8, 4) is 17.0 Å². The van der Waals surface area contributed by atoms with E-state index in [-0.39, 0.29) is 17.2 Å². The second-order valence-corrected chi connectivity index (χ2v) is 7.51. The van der Waals surface area contributed by atoms with Gasteiger partial charge >= 0.3 is 0 Å². The number of benzene rings is 3. The third-order valence-electron chi connectivity index (χ3n) is 5.06. The van der Waals surface area contributed by atoms with Crippen LogP contribution >= 0.6 is 0 Å². The average Bonchev–Trinajstić information content (AvgIpc) is 2.74. The van der Waals surface area contributed by atoms with E-state index in [0.29, 0.717) is 16.6 Å². The van der Waals surface area contributed by atoms with Gasteiger partial charge in [0.05, 0.1) is 16.6 Å². The van der Waals surface area contributed by atoms with Gasteiger partial charge in [-0.15, -0.1) is 0 Å². The Kier molecular flexibility index (Phi) is 4.77. The minimum atomic E-state index is -0.609. The Morgan fingerprint density at radius 3 is 2.14 bits per heavy atom. The van der Waals surface area contributed by atoms with Crippen LogP contribution in [0.1, 0.15) is 29.8 Å². The first-order chi connectivity index (χ1) is 14.0. The molecule has 2 N–H and O–H groups in total. The van der Waals surface area contributed by atoms with Crippen molar-refractivity contribution in [2.24, 2.45) is 0 Å². The number of pyridine rings is 1. The number of amides is 1. The predicted octanol–water partition coefficient (Wildman–Crippen LogP) is 5.27. The van der Waals surface area contributed by atoms with Gasteiger partial charge in [0, 0.05) is 10.9 Å². The van der Waals surface area contributed by atoms with E-state index in [0.717, 1.165) is 11.1 Å². The normalized spacial score (nSPS) is 11.4. The fourth-order valence-electron chi connectivity index (χ4n) is 3.50. The fourth-order valence-corrected chi connectivity index (χ4v) is 3.50. The minimum Gasteiger partial charge on any atom is -0.505 e. The first-order valence-electron chi connectivity index (χ1n) is 9.52. The maximum atomic E-state index is 13.4. The SMILES string of the molecule is CC(C)(NC(=O)c1c(O)c(-c2ccccc2)nc2ccccc12)c1ccccc1. The monoisotopic (exact) mass is 382 g/mol. The number of carbonyl (C=O) groups excluding carboxylic acids is 1. The molecule has 0 saturated carbocycles. The molecular weight excluding hydrogens is 360 g/mol. The number of nitrogens with one attached hydrogen (secondary N) is 1. The van der Waals surface area contributed by atoms with Gasteiger partial charge in [-0.25, -0.2) is 4.98 Å². The van der Waals surface area contributed by atoms with Gasteiger partial charge in [0.2, 0.25) is 0 Å². The fraction of sp³-hybridized carbons (Fsp3) is 0.120. The van der Waals surface area contributed by atoms with Crippen molar-refractivity contribution in [3.05, 3.63) is 96.1 Å². The van der Waals surface area contributed by atoms with E-state index in [1.165, 1.54) is 0 Å². The largest absolute Gasteiger partial charge is 0.505 e. The molecule has 4 rings (SSSR count). The molecule has 0 unspecified atom stereocenters. The summed E-state index contributed by atoms with van der Waals surface area (Å²) in [5.41, 5.74) is 2.42. The summed E-state index contributed by atoms with van der Waals surface area (Å²) in [6.45, 7) is 3.89. The van der Waals surface area contributed by atoms with Crippen molar-refractivity contribution in [1.29, 1.82) is 0 Å². The molecule has 0 fully saturated rings. The summed E-state index contributed by atoms with van der Waals surface area (Å²) in [5, 5.41) is 14.7. The first-order valence-corrected chi connectivity index (χ1v) is 9.52. The zero-order valence-corrected chi connectivity index (χ0v) is 16.4. The minimum absolute atomic E-state index is 0.115. The second-order valence-electron chi connectivity index (χ2n) is 7.51. The number of rotatable bonds is 4. The smallest absolute Gasteiger partial charge is 0.256 e. The summed E-state index contributed by atoms with van der Waals surface area (Å²) < 4.78 is 0. The molecular formula is C25H22N2O2. The quantitative estimate of drug-likeness (QED) is 0.505. The molecule has 0 radical (unpaired) electrons. The first kappa shape index (κ1) is 18.7. The van der Waals surface area contributed by atoms with Crippen LogP contribution in [-0.4, -0.2) is 16.0 Å². The van der Waals surface area contributed by atoms with Crippen LogP contribution in [0.4, 0.5) is 0 Å². The van der Waals surface area contributed by atoms with Gasteiger partial charge in [-0.1, -0.05) is 78.9 Å². The highest BCUT2D eigenvalue weighted by atomic mass is 16.3. The summed E-state index contributed by atoms with van der Waals surface area (Å²) in [4.78, 5) is 18.0. The predicted molar refractivity (Wildman–Crippen MR) is 116 cm³/mol. The van der Waals surface area contributed by atoms with Crippen LogP contribution in [0.15, 0.2) is 84.9 Å². The van der Waals surface area contributed by atoms with Crippen molar-refractivity contribution in [2.45, 2.75) is 19.4 Å². The molecule has 0 aliphatic heterocycles. The van der Waals surface area contributed by atoms with Crippen molar-refractivity contribution in [1.82, 2.24) is 10.3 Å². The maximum Gasteiger partial charge on any atom is 0.256 e. The summed E-state index contributed by atoms with van der Waals surface area (Å²) in [6.07, 6.45) is 0. The molecule has 0 aliphatic carbocycles. The van der Waals surface area contributed by atoms with Gasteiger partial charge in [-0.05, 0) is 25.5 Å². The lowest BCUT2D eigenvalue weighted by molar-refractivity contribution is 0.0911. The Balaban J connectivity index is 1.84. The van der Waals surface area contributed by atoms with E-state index in [9.17, 15) is 9.90 Å². The number of hydrogen-bond acceptors (Lipinski definition) is 3. The van der Waals surface area contributed by atoms with E-state index in [1.807, 2.05) is 92.7 Å². The molecule has 0 saturated heterocycles. The van der Waals surface area contributed by atoms with Gasteiger partial charge in [0.1, 0.15) is 5.69 Å². The van der Waals surface area contributed by atoms with E-state index >= 15 is 0 Å². The van der Waals surface area contributed by atoms with Gasteiger partial charge in [-0.3, -0.25) is 4.79 Å². The molecule has 4 heteroatoms.